The highest BCUT2D eigenvalue weighted by Crippen LogP contribution is 2.25. The summed E-state index contributed by atoms with van der Waals surface area (Å²) in [6.07, 6.45) is 2.33. The van der Waals surface area contributed by atoms with Gasteiger partial charge in [0.15, 0.2) is 11.5 Å². The number of rotatable bonds is 10. The minimum absolute atomic E-state index is 0.248. The van der Waals surface area contributed by atoms with E-state index in [1.807, 2.05) is 66.7 Å². The fourth-order valence-corrected chi connectivity index (χ4v) is 2.64. The molecule has 0 aromatic heterocycles. The van der Waals surface area contributed by atoms with Crippen LogP contribution in [-0.4, -0.2) is 32.4 Å². The van der Waals surface area contributed by atoms with Crippen LogP contribution in [0.15, 0.2) is 84.0 Å². The summed E-state index contributed by atoms with van der Waals surface area (Å²) in [5, 5.41) is 3.98. The SMILES string of the molecule is COc1ccccc1OCCCOc1ccc(/C=N/NC(=O)c2ccccc2)cc1. The van der Waals surface area contributed by atoms with Gasteiger partial charge >= 0.3 is 0 Å². The van der Waals surface area contributed by atoms with Gasteiger partial charge in [-0.25, -0.2) is 5.43 Å². The smallest absolute Gasteiger partial charge is 0.271 e. The van der Waals surface area contributed by atoms with Crippen molar-refractivity contribution in [1.29, 1.82) is 0 Å². The first-order chi connectivity index (χ1) is 14.8. The number of ether oxygens (including phenoxy) is 3. The predicted molar refractivity (Wildman–Crippen MR) is 117 cm³/mol. The number of benzene rings is 3. The molecule has 6 heteroatoms. The van der Waals surface area contributed by atoms with E-state index in [4.69, 9.17) is 14.2 Å². The molecule has 0 heterocycles. The summed E-state index contributed by atoms with van der Waals surface area (Å²) in [4.78, 5) is 11.9. The van der Waals surface area contributed by atoms with Gasteiger partial charge in [-0.05, 0) is 54.1 Å². The first-order valence-electron chi connectivity index (χ1n) is 9.63. The summed E-state index contributed by atoms with van der Waals surface area (Å²) in [5.41, 5.74) is 3.93. The van der Waals surface area contributed by atoms with Crippen molar-refractivity contribution in [1.82, 2.24) is 5.43 Å². The first-order valence-corrected chi connectivity index (χ1v) is 9.63. The van der Waals surface area contributed by atoms with E-state index < -0.39 is 0 Å². The minimum Gasteiger partial charge on any atom is -0.493 e. The van der Waals surface area contributed by atoms with Crippen LogP contribution in [0, 0.1) is 0 Å². The molecule has 0 bridgehead atoms. The van der Waals surface area contributed by atoms with Crippen LogP contribution in [0.3, 0.4) is 0 Å². The third-order valence-corrected chi connectivity index (χ3v) is 4.18. The van der Waals surface area contributed by atoms with Crippen molar-refractivity contribution in [3.8, 4) is 17.2 Å². The molecule has 1 N–H and O–H groups in total. The standard InChI is InChI=1S/C24H24N2O4/c1-28-22-10-5-6-11-23(22)30-17-7-16-29-21-14-12-19(13-15-21)18-25-26-24(27)20-8-3-2-4-9-20/h2-6,8-15,18H,7,16-17H2,1H3,(H,26,27)/b25-18+. The van der Waals surface area contributed by atoms with E-state index in [-0.39, 0.29) is 5.91 Å². The Morgan fingerprint density at radius 1 is 0.867 bits per heavy atom. The molecule has 154 valence electrons. The van der Waals surface area contributed by atoms with Gasteiger partial charge in [-0.2, -0.15) is 5.10 Å². The van der Waals surface area contributed by atoms with E-state index in [2.05, 4.69) is 10.5 Å². The van der Waals surface area contributed by atoms with E-state index in [0.29, 0.717) is 18.8 Å². The summed E-state index contributed by atoms with van der Waals surface area (Å²) in [6, 6.07) is 24.0. The number of methoxy groups -OCH3 is 1. The molecule has 0 spiro atoms. The molecule has 3 rings (SSSR count). The second kappa shape index (κ2) is 11.3. The summed E-state index contributed by atoms with van der Waals surface area (Å²) in [7, 11) is 1.62. The number of hydrazone groups is 1. The van der Waals surface area contributed by atoms with E-state index >= 15 is 0 Å². The van der Waals surface area contributed by atoms with E-state index in [9.17, 15) is 4.79 Å². The van der Waals surface area contributed by atoms with Gasteiger partial charge in [-0.3, -0.25) is 4.79 Å². The van der Waals surface area contributed by atoms with Crippen LogP contribution in [0.1, 0.15) is 22.3 Å². The van der Waals surface area contributed by atoms with Gasteiger partial charge in [0.1, 0.15) is 5.75 Å². The van der Waals surface area contributed by atoms with E-state index in [1.165, 1.54) is 0 Å². The Labute approximate surface area is 176 Å². The van der Waals surface area contributed by atoms with Crippen LogP contribution < -0.4 is 19.6 Å². The molecule has 0 aliphatic carbocycles. The summed E-state index contributed by atoms with van der Waals surface area (Å²) in [5.74, 6) is 1.96. The molecule has 0 aliphatic rings. The number of para-hydroxylation sites is 2. The Hall–Kier alpha value is -3.80. The van der Waals surface area contributed by atoms with Gasteiger partial charge in [-0.15, -0.1) is 0 Å². The highest BCUT2D eigenvalue weighted by molar-refractivity contribution is 5.94. The minimum atomic E-state index is -0.248. The largest absolute Gasteiger partial charge is 0.493 e. The van der Waals surface area contributed by atoms with Crippen molar-refractivity contribution < 1.29 is 19.0 Å². The average molecular weight is 404 g/mol. The zero-order valence-corrected chi connectivity index (χ0v) is 16.8. The molecular weight excluding hydrogens is 380 g/mol. The number of carbonyl (C=O) groups is 1. The molecule has 0 fully saturated rings. The van der Waals surface area contributed by atoms with E-state index in [1.54, 1.807) is 25.5 Å². The van der Waals surface area contributed by atoms with Gasteiger partial charge in [0.05, 0.1) is 26.5 Å². The van der Waals surface area contributed by atoms with Crippen molar-refractivity contribution in [2.45, 2.75) is 6.42 Å². The number of carbonyl (C=O) groups excluding carboxylic acids is 1. The highest BCUT2D eigenvalue weighted by Gasteiger charge is 2.03. The van der Waals surface area contributed by atoms with Crippen LogP contribution in [-0.2, 0) is 0 Å². The summed E-state index contributed by atoms with van der Waals surface area (Å²) < 4.78 is 16.7. The molecule has 0 atom stereocenters. The molecule has 3 aromatic rings. The molecule has 1 amide bonds. The van der Waals surface area contributed by atoms with Crippen molar-refractivity contribution in [3.63, 3.8) is 0 Å². The molecule has 0 aliphatic heterocycles. The molecule has 3 aromatic carbocycles. The zero-order valence-electron chi connectivity index (χ0n) is 16.8. The average Bonchev–Trinajstić information content (AvgIpc) is 2.80. The Morgan fingerprint density at radius 3 is 2.27 bits per heavy atom. The van der Waals surface area contributed by atoms with Crippen molar-refractivity contribution in [2.24, 2.45) is 5.10 Å². The Morgan fingerprint density at radius 2 is 1.53 bits per heavy atom. The molecule has 0 saturated carbocycles. The number of hydrogen-bond acceptors (Lipinski definition) is 5. The van der Waals surface area contributed by atoms with Crippen molar-refractivity contribution in [3.05, 3.63) is 90.0 Å². The summed E-state index contributed by atoms with van der Waals surface area (Å²) >= 11 is 0. The lowest BCUT2D eigenvalue weighted by atomic mass is 10.2. The van der Waals surface area contributed by atoms with Crippen molar-refractivity contribution >= 4 is 12.1 Å². The Kier molecular flexibility index (Phi) is 7.85. The van der Waals surface area contributed by atoms with Crippen LogP contribution >= 0.6 is 0 Å². The molecule has 0 radical (unpaired) electrons. The monoisotopic (exact) mass is 404 g/mol. The van der Waals surface area contributed by atoms with Crippen LogP contribution in [0.2, 0.25) is 0 Å². The quantitative estimate of drug-likeness (QED) is 0.311. The number of hydrogen-bond donors (Lipinski definition) is 1. The maximum atomic E-state index is 11.9. The van der Waals surface area contributed by atoms with Crippen LogP contribution in [0.25, 0.3) is 0 Å². The second-order valence-corrected chi connectivity index (χ2v) is 6.34. The lowest BCUT2D eigenvalue weighted by Crippen LogP contribution is -2.17. The van der Waals surface area contributed by atoms with Crippen molar-refractivity contribution in [2.75, 3.05) is 20.3 Å². The maximum Gasteiger partial charge on any atom is 0.271 e. The fraction of sp³-hybridized carbons (Fsp3) is 0.167. The van der Waals surface area contributed by atoms with Gasteiger partial charge in [0, 0.05) is 12.0 Å². The number of nitrogens with zero attached hydrogens (tertiary/aromatic N) is 1. The predicted octanol–water partition coefficient (Wildman–Crippen LogP) is 4.31. The van der Waals surface area contributed by atoms with Gasteiger partial charge in [0.2, 0.25) is 0 Å². The third kappa shape index (κ3) is 6.38. The maximum absolute atomic E-state index is 11.9. The van der Waals surface area contributed by atoms with Gasteiger partial charge in [0.25, 0.3) is 5.91 Å². The molecule has 0 unspecified atom stereocenters. The zero-order chi connectivity index (χ0) is 21.0. The molecular formula is C24H24N2O4. The topological polar surface area (TPSA) is 69.2 Å². The highest BCUT2D eigenvalue weighted by atomic mass is 16.5. The second-order valence-electron chi connectivity index (χ2n) is 6.34. The number of nitrogens with one attached hydrogen (secondary N) is 1. The van der Waals surface area contributed by atoms with Gasteiger partial charge < -0.3 is 14.2 Å². The van der Waals surface area contributed by atoms with Gasteiger partial charge in [-0.1, -0.05) is 30.3 Å². The first kappa shape index (κ1) is 20.9. The lowest BCUT2D eigenvalue weighted by molar-refractivity contribution is 0.0955. The lowest BCUT2D eigenvalue weighted by Gasteiger charge is -2.10. The Bertz CT molecular complexity index is 956. The normalized spacial score (nSPS) is 10.6. The summed E-state index contributed by atoms with van der Waals surface area (Å²) in [6.45, 7) is 1.07. The molecule has 30 heavy (non-hydrogen) atoms. The van der Waals surface area contributed by atoms with Crippen LogP contribution in [0.5, 0.6) is 17.2 Å². The fourth-order valence-electron chi connectivity index (χ4n) is 2.64. The molecule has 0 saturated heterocycles. The Balaban J connectivity index is 1.37. The number of amides is 1. The van der Waals surface area contributed by atoms with E-state index in [0.717, 1.165) is 29.2 Å². The third-order valence-electron chi connectivity index (χ3n) is 4.18. The van der Waals surface area contributed by atoms with Crippen LogP contribution in [0.4, 0.5) is 0 Å². The molecule has 6 nitrogen and oxygen atoms in total.